The van der Waals surface area contributed by atoms with E-state index in [2.05, 4.69) is 24.5 Å². The first-order valence-corrected chi connectivity index (χ1v) is 7.16. The number of hydrogen-bond donors (Lipinski definition) is 2. The highest BCUT2D eigenvalue weighted by Crippen LogP contribution is 2.26. The Hall–Kier alpha value is -0.570. The molecular formula is C14H28N2O. The molecule has 2 N–H and O–H groups in total. The van der Waals surface area contributed by atoms with Gasteiger partial charge in [0.05, 0.1) is 0 Å². The Morgan fingerprint density at radius 3 is 2.47 bits per heavy atom. The van der Waals surface area contributed by atoms with E-state index in [4.69, 9.17) is 0 Å². The second-order valence-electron chi connectivity index (χ2n) is 5.40. The molecule has 0 bridgehead atoms. The molecular weight excluding hydrogens is 212 g/mol. The quantitative estimate of drug-likeness (QED) is 0.748. The van der Waals surface area contributed by atoms with E-state index >= 15 is 0 Å². The van der Waals surface area contributed by atoms with Crippen molar-refractivity contribution in [1.82, 2.24) is 10.6 Å². The summed E-state index contributed by atoms with van der Waals surface area (Å²) in [5.74, 6) is 0.962. The summed E-state index contributed by atoms with van der Waals surface area (Å²) in [6, 6.07) is 0.340. The van der Waals surface area contributed by atoms with Crippen molar-refractivity contribution in [2.75, 3.05) is 13.1 Å². The summed E-state index contributed by atoms with van der Waals surface area (Å²) >= 11 is 0. The summed E-state index contributed by atoms with van der Waals surface area (Å²) in [5.41, 5.74) is 0. The maximum Gasteiger partial charge on any atom is 0.224 e. The zero-order valence-electron chi connectivity index (χ0n) is 11.6. The Morgan fingerprint density at radius 1 is 1.24 bits per heavy atom. The van der Waals surface area contributed by atoms with Crippen LogP contribution < -0.4 is 10.6 Å². The van der Waals surface area contributed by atoms with Crippen LogP contribution in [-0.2, 0) is 4.79 Å². The van der Waals surface area contributed by atoms with Gasteiger partial charge in [0, 0.05) is 18.5 Å². The number of carbonyl (C=O) groups is 1. The van der Waals surface area contributed by atoms with Crippen molar-refractivity contribution in [2.45, 2.75) is 58.9 Å². The summed E-state index contributed by atoms with van der Waals surface area (Å²) in [6.45, 7) is 7.92. The minimum atomic E-state index is 0.0704. The molecule has 1 amide bonds. The number of hydrogen-bond acceptors (Lipinski definition) is 2. The lowest BCUT2D eigenvalue weighted by molar-refractivity contribution is -0.125. The van der Waals surface area contributed by atoms with Crippen molar-refractivity contribution < 1.29 is 4.79 Å². The third-order valence-corrected chi connectivity index (χ3v) is 3.87. The van der Waals surface area contributed by atoms with Gasteiger partial charge in [0.1, 0.15) is 0 Å². The largest absolute Gasteiger partial charge is 0.353 e. The normalized spacial score (nSPS) is 20.9. The monoisotopic (exact) mass is 240 g/mol. The predicted octanol–water partition coefficient (Wildman–Crippen LogP) is 2.32. The average molecular weight is 240 g/mol. The van der Waals surface area contributed by atoms with Crippen molar-refractivity contribution >= 4 is 5.91 Å². The fourth-order valence-electron chi connectivity index (χ4n) is 2.57. The molecule has 3 heteroatoms. The van der Waals surface area contributed by atoms with E-state index in [1.165, 1.54) is 32.1 Å². The van der Waals surface area contributed by atoms with Gasteiger partial charge in [0.25, 0.3) is 0 Å². The third-order valence-electron chi connectivity index (χ3n) is 3.87. The fraction of sp³-hybridized carbons (Fsp3) is 0.929. The maximum absolute atomic E-state index is 12.0. The topological polar surface area (TPSA) is 41.1 Å². The number of nitrogens with one attached hydrogen (secondary N) is 2. The van der Waals surface area contributed by atoms with Crippen LogP contribution in [0.2, 0.25) is 0 Å². The molecule has 0 aromatic heterocycles. The number of rotatable bonds is 6. The van der Waals surface area contributed by atoms with E-state index in [0.717, 1.165) is 13.1 Å². The molecule has 1 fully saturated rings. The minimum Gasteiger partial charge on any atom is -0.353 e. The first kappa shape index (κ1) is 14.5. The molecule has 0 radical (unpaired) electrons. The molecule has 17 heavy (non-hydrogen) atoms. The van der Waals surface area contributed by atoms with Crippen LogP contribution in [0.1, 0.15) is 52.9 Å². The highest BCUT2D eigenvalue weighted by Gasteiger charge is 2.22. The lowest BCUT2D eigenvalue weighted by atomic mass is 9.84. The SMILES string of the molecule is CCNCC(C)C(=O)N[C@H](C)C1CCCCC1. The standard InChI is InChI=1S/C14H28N2O/c1-4-15-10-11(2)14(17)16-12(3)13-8-6-5-7-9-13/h11-13,15H,4-10H2,1-3H3,(H,16,17)/t11?,12-/m1/s1. The number of amides is 1. The average Bonchev–Trinajstić information content (AvgIpc) is 2.36. The van der Waals surface area contributed by atoms with Crippen LogP contribution in [0.25, 0.3) is 0 Å². The van der Waals surface area contributed by atoms with Gasteiger partial charge in [-0.3, -0.25) is 4.79 Å². The molecule has 1 aliphatic carbocycles. The van der Waals surface area contributed by atoms with E-state index < -0.39 is 0 Å². The third kappa shape index (κ3) is 5.07. The first-order chi connectivity index (χ1) is 8.15. The molecule has 2 atom stereocenters. The molecule has 0 saturated heterocycles. The van der Waals surface area contributed by atoms with Gasteiger partial charge in [0.2, 0.25) is 5.91 Å². The van der Waals surface area contributed by atoms with Crippen LogP contribution >= 0.6 is 0 Å². The smallest absolute Gasteiger partial charge is 0.224 e. The number of carbonyl (C=O) groups excluding carboxylic acids is 1. The highest BCUT2D eigenvalue weighted by atomic mass is 16.1. The molecule has 0 aromatic rings. The Bertz CT molecular complexity index is 224. The maximum atomic E-state index is 12.0. The zero-order chi connectivity index (χ0) is 12.7. The van der Waals surface area contributed by atoms with E-state index in [1.807, 2.05) is 6.92 Å². The second kappa shape index (κ2) is 7.70. The van der Waals surface area contributed by atoms with E-state index in [1.54, 1.807) is 0 Å². The Labute approximate surface area is 106 Å². The Morgan fingerprint density at radius 2 is 1.88 bits per heavy atom. The summed E-state index contributed by atoms with van der Waals surface area (Å²) in [4.78, 5) is 12.0. The highest BCUT2D eigenvalue weighted by molar-refractivity contribution is 5.78. The molecule has 1 unspecified atom stereocenters. The van der Waals surface area contributed by atoms with E-state index in [-0.39, 0.29) is 11.8 Å². The molecule has 3 nitrogen and oxygen atoms in total. The Balaban J connectivity index is 2.28. The van der Waals surface area contributed by atoms with Gasteiger partial charge >= 0.3 is 0 Å². The molecule has 0 aromatic carbocycles. The minimum absolute atomic E-state index is 0.0704. The van der Waals surface area contributed by atoms with Gasteiger partial charge in [-0.25, -0.2) is 0 Å². The first-order valence-electron chi connectivity index (χ1n) is 7.16. The van der Waals surface area contributed by atoms with Crippen molar-refractivity contribution in [1.29, 1.82) is 0 Å². The molecule has 1 aliphatic rings. The van der Waals surface area contributed by atoms with Gasteiger partial charge in [-0.05, 0) is 32.2 Å². The van der Waals surface area contributed by atoms with Crippen LogP contribution in [0.15, 0.2) is 0 Å². The summed E-state index contributed by atoms with van der Waals surface area (Å²) in [7, 11) is 0. The van der Waals surface area contributed by atoms with Gasteiger partial charge in [-0.15, -0.1) is 0 Å². The van der Waals surface area contributed by atoms with Crippen molar-refractivity contribution in [3.63, 3.8) is 0 Å². The van der Waals surface area contributed by atoms with E-state index in [0.29, 0.717) is 12.0 Å². The van der Waals surface area contributed by atoms with Gasteiger partial charge in [-0.1, -0.05) is 33.1 Å². The molecule has 0 aliphatic heterocycles. The van der Waals surface area contributed by atoms with Crippen molar-refractivity contribution in [3.8, 4) is 0 Å². The molecule has 1 saturated carbocycles. The fourth-order valence-corrected chi connectivity index (χ4v) is 2.57. The predicted molar refractivity (Wildman–Crippen MR) is 71.9 cm³/mol. The van der Waals surface area contributed by atoms with Gasteiger partial charge in [0.15, 0.2) is 0 Å². The summed E-state index contributed by atoms with van der Waals surface area (Å²) in [5, 5.41) is 6.40. The van der Waals surface area contributed by atoms with Crippen LogP contribution in [-0.4, -0.2) is 25.0 Å². The van der Waals surface area contributed by atoms with Gasteiger partial charge < -0.3 is 10.6 Å². The van der Waals surface area contributed by atoms with Gasteiger partial charge in [-0.2, -0.15) is 0 Å². The molecule has 0 heterocycles. The Kier molecular flexibility index (Phi) is 6.56. The summed E-state index contributed by atoms with van der Waals surface area (Å²) in [6.07, 6.45) is 6.59. The molecule has 1 rings (SSSR count). The van der Waals surface area contributed by atoms with Crippen LogP contribution in [0.4, 0.5) is 0 Å². The van der Waals surface area contributed by atoms with Crippen molar-refractivity contribution in [3.05, 3.63) is 0 Å². The lowest BCUT2D eigenvalue weighted by Gasteiger charge is -2.29. The van der Waals surface area contributed by atoms with Crippen molar-refractivity contribution in [2.24, 2.45) is 11.8 Å². The van der Waals surface area contributed by atoms with Crippen LogP contribution in [0.3, 0.4) is 0 Å². The van der Waals surface area contributed by atoms with Crippen LogP contribution in [0, 0.1) is 11.8 Å². The lowest BCUT2D eigenvalue weighted by Crippen LogP contribution is -2.43. The van der Waals surface area contributed by atoms with E-state index in [9.17, 15) is 4.79 Å². The molecule has 100 valence electrons. The summed E-state index contributed by atoms with van der Waals surface area (Å²) < 4.78 is 0. The molecule has 0 spiro atoms. The van der Waals surface area contributed by atoms with Crippen LogP contribution in [0.5, 0.6) is 0 Å². The zero-order valence-corrected chi connectivity index (χ0v) is 11.6. The second-order valence-corrected chi connectivity index (χ2v) is 5.40.